The van der Waals surface area contributed by atoms with Crippen molar-refractivity contribution in [3.8, 4) is 22.6 Å². The minimum absolute atomic E-state index is 0.000435. The van der Waals surface area contributed by atoms with Crippen LogP contribution in [0.1, 0.15) is 36.2 Å². The molecule has 0 bridgehead atoms. The van der Waals surface area contributed by atoms with Gasteiger partial charge in [-0.05, 0) is 42.7 Å². The van der Waals surface area contributed by atoms with Gasteiger partial charge in [0, 0.05) is 24.3 Å². The van der Waals surface area contributed by atoms with E-state index in [1.165, 1.54) is 12.3 Å². The molecule has 0 radical (unpaired) electrons. The van der Waals surface area contributed by atoms with Crippen molar-refractivity contribution in [2.24, 2.45) is 5.92 Å². The molecule has 1 unspecified atom stereocenters. The number of aliphatic hydroxyl groups excluding tert-OH is 1. The van der Waals surface area contributed by atoms with Crippen LogP contribution in [-0.4, -0.2) is 27.6 Å². The number of ketones is 1. The number of carbonyl (C=O) groups is 1. The Morgan fingerprint density at radius 2 is 1.79 bits per heavy atom. The first-order valence-corrected chi connectivity index (χ1v) is 11.2. The average molecular weight is 460 g/mol. The molecule has 0 aliphatic carbocycles. The minimum atomic E-state index is -0.665. The van der Waals surface area contributed by atoms with Crippen LogP contribution in [0.3, 0.4) is 0 Å². The molecule has 1 heterocycles. The number of nitrogens with one attached hydrogen (secondary N) is 1. The first-order chi connectivity index (χ1) is 16.4. The SMILES string of the molecule is CCC(/C=C(C)/C=C/C(=O)c1c(O)c(-c2ccc(OCc3ccccc3)cc2)c[nH]c1=O)CO. The van der Waals surface area contributed by atoms with Gasteiger partial charge in [-0.2, -0.15) is 0 Å². The van der Waals surface area contributed by atoms with Gasteiger partial charge in [-0.15, -0.1) is 0 Å². The fourth-order valence-electron chi connectivity index (χ4n) is 3.46. The van der Waals surface area contributed by atoms with Crippen molar-refractivity contribution in [2.45, 2.75) is 26.9 Å². The van der Waals surface area contributed by atoms with Crippen LogP contribution in [0.15, 0.2) is 89.4 Å². The molecule has 0 amide bonds. The van der Waals surface area contributed by atoms with E-state index in [0.29, 0.717) is 23.5 Å². The molecule has 0 fully saturated rings. The molecule has 6 heteroatoms. The van der Waals surface area contributed by atoms with Crippen molar-refractivity contribution in [3.63, 3.8) is 0 Å². The van der Waals surface area contributed by atoms with Crippen molar-refractivity contribution in [3.05, 3.63) is 106 Å². The van der Waals surface area contributed by atoms with Crippen LogP contribution in [-0.2, 0) is 6.61 Å². The molecule has 0 saturated heterocycles. The molecule has 6 nitrogen and oxygen atoms in total. The lowest BCUT2D eigenvalue weighted by molar-refractivity contribution is 0.104. The number of ether oxygens (including phenoxy) is 1. The van der Waals surface area contributed by atoms with Gasteiger partial charge in [-0.25, -0.2) is 0 Å². The van der Waals surface area contributed by atoms with Gasteiger partial charge < -0.3 is 19.9 Å². The van der Waals surface area contributed by atoms with E-state index in [-0.39, 0.29) is 23.8 Å². The number of aromatic amines is 1. The summed E-state index contributed by atoms with van der Waals surface area (Å²) in [5.74, 6) is -0.321. The Bertz CT molecular complexity index is 1220. The van der Waals surface area contributed by atoms with Crippen LogP contribution in [0.4, 0.5) is 0 Å². The Labute approximate surface area is 198 Å². The smallest absolute Gasteiger partial charge is 0.263 e. The maximum absolute atomic E-state index is 12.7. The topological polar surface area (TPSA) is 99.6 Å². The van der Waals surface area contributed by atoms with E-state index in [4.69, 9.17) is 4.74 Å². The van der Waals surface area contributed by atoms with Crippen LogP contribution in [0.25, 0.3) is 11.1 Å². The summed E-state index contributed by atoms with van der Waals surface area (Å²) in [6.45, 7) is 4.23. The Morgan fingerprint density at radius 3 is 2.44 bits per heavy atom. The number of aromatic hydroxyl groups is 1. The lowest BCUT2D eigenvalue weighted by atomic mass is 10.0. The van der Waals surface area contributed by atoms with Crippen molar-refractivity contribution >= 4 is 5.78 Å². The summed E-state index contributed by atoms with van der Waals surface area (Å²) >= 11 is 0. The predicted octanol–water partition coefficient (Wildman–Crippen LogP) is 5.03. The Hall–Kier alpha value is -3.90. The number of aliphatic hydroxyl groups is 1. The summed E-state index contributed by atoms with van der Waals surface area (Å²) in [5.41, 5.74) is 1.82. The molecule has 176 valence electrons. The monoisotopic (exact) mass is 459 g/mol. The summed E-state index contributed by atoms with van der Waals surface area (Å²) < 4.78 is 5.79. The highest BCUT2D eigenvalue weighted by atomic mass is 16.5. The molecular formula is C28H29NO5. The van der Waals surface area contributed by atoms with Gasteiger partial charge >= 0.3 is 0 Å². The minimum Gasteiger partial charge on any atom is -0.506 e. The normalized spacial score (nSPS) is 12.6. The number of H-pyrrole nitrogens is 1. The van der Waals surface area contributed by atoms with Crippen LogP contribution < -0.4 is 10.3 Å². The van der Waals surface area contributed by atoms with E-state index < -0.39 is 11.3 Å². The molecule has 1 atom stereocenters. The highest BCUT2D eigenvalue weighted by Crippen LogP contribution is 2.31. The second-order valence-electron chi connectivity index (χ2n) is 8.01. The molecule has 3 rings (SSSR count). The number of allylic oxidation sites excluding steroid dienone is 3. The molecule has 2 aromatic carbocycles. The van der Waals surface area contributed by atoms with Crippen LogP contribution in [0.5, 0.6) is 11.5 Å². The number of aromatic nitrogens is 1. The third kappa shape index (κ3) is 6.33. The van der Waals surface area contributed by atoms with Gasteiger partial charge in [-0.1, -0.05) is 67.1 Å². The van der Waals surface area contributed by atoms with E-state index in [1.54, 1.807) is 30.3 Å². The number of pyridine rings is 1. The number of rotatable bonds is 10. The van der Waals surface area contributed by atoms with Gasteiger partial charge in [-0.3, -0.25) is 9.59 Å². The van der Waals surface area contributed by atoms with E-state index in [9.17, 15) is 19.8 Å². The van der Waals surface area contributed by atoms with Gasteiger partial charge in [0.05, 0.1) is 0 Å². The lowest BCUT2D eigenvalue weighted by Gasteiger charge is -2.10. The van der Waals surface area contributed by atoms with Crippen molar-refractivity contribution < 1.29 is 19.7 Å². The summed E-state index contributed by atoms with van der Waals surface area (Å²) in [4.78, 5) is 27.6. The molecule has 1 aromatic heterocycles. The van der Waals surface area contributed by atoms with E-state index in [2.05, 4.69) is 4.98 Å². The molecular weight excluding hydrogens is 430 g/mol. The van der Waals surface area contributed by atoms with Crippen molar-refractivity contribution in [1.82, 2.24) is 4.98 Å². The maximum Gasteiger partial charge on any atom is 0.263 e. The number of carbonyl (C=O) groups excluding carboxylic acids is 1. The summed E-state index contributed by atoms with van der Waals surface area (Å²) in [6.07, 6.45) is 6.85. The first-order valence-electron chi connectivity index (χ1n) is 11.2. The van der Waals surface area contributed by atoms with E-state index in [1.807, 2.05) is 50.3 Å². The fraction of sp³-hybridized carbons (Fsp3) is 0.214. The van der Waals surface area contributed by atoms with E-state index >= 15 is 0 Å². The van der Waals surface area contributed by atoms with Crippen LogP contribution >= 0.6 is 0 Å². The van der Waals surface area contributed by atoms with Gasteiger partial charge in [0.2, 0.25) is 0 Å². The zero-order valence-electron chi connectivity index (χ0n) is 19.3. The summed E-state index contributed by atoms with van der Waals surface area (Å²) in [6, 6.07) is 16.8. The number of benzene rings is 2. The maximum atomic E-state index is 12.7. The molecule has 3 aromatic rings. The quantitative estimate of drug-likeness (QED) is 0.224. The molecule has 0 saturated carbocycles. The predicted molar refractivity (Wildman–Crippen MR) is 133 cm³/mol. The first kappa shape index (κ1) is 24.7. The standard InChI is InChI=1S/C28H29NO5/c1-3-20(17-30)15-19(2)9-14-25(31)26-27(32)24(16-29-28(26)33)22-10-12-23(13-11-22)34-18-21-7-5-4-6-8-21/h4-16,20,30H,3,17-18H2,1-2H3,(H2,29,32,33)/b14-9+,19-15+. The molecule has 3 N–H and O–H groups in total. The Morgan fingerprint density at radius 1 is 1.09 bits per heavy atom. The second-order valence-corrected chi connectivity index (χ2v) is 8.01. The fourth-order valence-corrected chi connectivity index (χ4v) is 3.46. The van der Waals surface area contributed by atoms with Gasteiger partial charge in [0.15, 0.2) is 5.78 Å². The Kier molecular flexibility index (Phi) is 8.60. The highest BCUT2D eigenvalue weighted by Gasteiger charge is 2.18. The van der Waals surface area contributed by atoms with Crippen molar-refractivity contribution in [1.29, 1.82) is 0 Å². The molecule has 0 aliphatic rings. The second kappa shape index (κ2) is 11.8. The van der Waals surface area contributed by atoms with Crippen LogP contribution in [0, 0.1) is 5.92 Å². The third-order valence-corrected chi connectivity index (χ3v) is 5.48. The summed E-state index contributed by atoms with van der Waals surface area (Å²) in [5, 5.41) is 20.1. The Balaban J connectivity index is 1.79. The molecule has 0 spiro atoms. The van der Waals surface area contributed by atoms with Gasteiger partial charge in [0.1, 0.15) is 23.7 Å². The lowest BCUT2D eigenvalue weighted by Crippen LogP contribution is -2.16. The number of hydrogen-bond acceptors (Lipinski definition) is 5. The number of hydrogen-bond donors (Lipinski definition) is 3. The average Bonchev–Trinajstić information content (AvgIpc) is 2.86. The molecule has 34 heavy (non-hydrogen) atoms. The zero-order valence-corrected chi connectivity index (χ0v) is 19.3. The third-order valence-electron chi connectivity index (χ3n) is 5.48. The zero-order chi connectivity index (χ0) is 24.5. The molecule has 0 aliphatic heterocycles. The van der Waals surface area contributed by atoms with Crippen molar-refractivity contribution in [2.75, 3.05) is 6.61 Å². The summed E-state index contributed by atoms with van der Waals surface area (Å²) in [7, 11) is 0. The largest absolute Gasteiger partial charge is 0.506 e. The van der Waals surface area contributed by atoms with Crippen LogP contribution in [0.2, 0.25) is 0 Å². The van der Waals surface area contributed by atoms with E-state index in [0.717, 1.165) is 17.6 Å². The van der Waals surface area contributed by atoms with Gasteiger partial charge in [0.25, 0.3) is 5.56 Å². The highest BCUT2D eigenvalue weighted by molar-refractivity contribution is 6.07.